The van der Waals surface area contributed by atoms with E-state index in [1.165, 1.54) is 21.8 Å². The molecule has 1 aromatic heterocycles. The summed E-state index contributed by atoms with van der Waals surface area (Å²) in [7, 11) is 0. The first-order valence-electron chi connectivity index (χ1n) is 6.40. The van der Waals surface area contributed by atoms with Gasteiger partial charge in [0.05, 0.1) is 16.7 Å². The van der Waals surface area contributed by atoms with E-state index in [0.717, 1.165) is 5.69 Å². The van der Waals surface area contributed by atoms with Gasteiger partial charge < -0.3 is 4.57 Å². The first-order valence-corrected chi connectivity index (χ1v) is 6.40. The van der Waals surface area contributed by atoms with Crippen LogP contribution >= 0.6 is 0 Å². The quantitative estimate of drug-likeness (QED) is 0.460. The topological polar surface area (TPSA) is 4.93 Å². The molecule has 0 unspecified atom stereocenters. The minimum Gasteiger partial charge on any atom is -0.309 e. The lowest BCUT2D eigenvalue weighted by Crippen LogP contribution is -1.92. The third kappa shape index (κ3) is 1.48. The molecule has 4 aromatic rings. The van der Waals surface area contributed by atoms with Crippen molar-refractivity contribution in [3.8, 4) is 5.69 Å². The van der Waals surface area contributed by atoms with E-state index in [0.29, 0.717) is 0 Å². The molecule has 0 fully saturated rings. The molecule has 4 rings (SSSR count). The fraction of sp³-hybridized carbons (Fsp3) is 0. The minimum atomic E-state index is 1.08. The summed E-state index contributed by atoms with van der Waals surface area (Å²) < 4.78 is 2.27. The van der Waals surface area contributed by atoms with Crippen LogP contribution < -0.4 is 0 Å². The van der Waals surface area contributed by atoms with Crippen molar-refractivity contribution in [3.05, 3.63) is 78.9 Å². The van der Waals surface area contributed by atoms with E-state index < -0.39 is 0 Å². The summed E-state index contributed by atoms with van der Waals surface area (Å²) >= 11 is 0. The molecule has 0 atom stereocenters. The van der Waals surface area contributed by atoms with Crippen molar-refractivity contribution >= 4 is 21.8 Å². The first-order chi connectivity index (χ1) is 9.45. The Balaban J connectivity index is 2.24. The molecule has 0 N–H and O–H groups in total. The second-order valence-corrected chi connectivity index (χ2v) is 4.62. The van der Waals surface area contributed by atoms with Gasteiger partial charge in [0.15, 0.2) is 0 Å². The molecule has 1 nitrogen and oxygen atoms in total. The highest BCUT2D eigenvalue weighted by atomic mass is 15.0. The highest BCUT2D eigenvalue weighted by Crippen LogP contribution is 2.31. The van der Waals surface area contributed by atoms with Crippen LogP contribution in [0.4, 0.5) is 0 Å². The molecule has 0 aliphatic heterocycles. The molecule has 1 radical (unpaired) electrons. The standard InChI is InChI=1S/C18H12N/c1-2-8-14(9-3-1)19-17-12-6-4-10-15(17)16-11-5-7-13-18(16)19/h1-8,10-13H. The summed E-state index contributed by atoms with van der Waals surface area (Å²) in [5.74, 6) is 0. The van der Waals surface area contributed by atoms with Crippen LogP contribution in [0.1, 0.15) is 0 Å². The molecule has 0 aliphatic rings. The lowest BCUT2D eigenvalue weighted by molar-refractivity contribution is 1.18. The number of aromatic nitrogens is 1. The maximum atomic E-state index is 3.32. The normalized spacial score (nSPS) is 11.2. The summed E-state index contributed by atoms with van der Waals surface area (Å²) in [6.07, 6.45) is 0. The molecule has 1 heterocycles. The number of hydrogen-bond donors (Lipinski definition) is 0. The molecule has 19 heavy (non-hydrogen) atoms. The average molecular weight is 242 g/mol. The second-order valence-electron chi connectivity index (χ2n) is 4.62. The van der Waals surface area contributed by atoms with E-state index in [9.17, 15) is 0 Å². The van der Waals surface area contributed by atoms with Gasteiger partial charge in [-0.25, -0.2) is 0 Å². The number of fused-ring (bicyclic) bond motifs is 3. The van der Waals surface area contributed by atoms with Gasteiger partial charge in [-0.05, 0) is 18.2 Å². The van der Waals surface area contributed by atoms with Crippen LogP contribution in [0.3, 0.4) is 0 Å². The summed E-state index contributed by atoms with van der Waals surface area (Å²) in [5.41, 5.74) is 3.54. The fourth-order valence-electron chi connectivity index (χ4n) is 2.71. The monoisotopic (exact) mass is 242 g/mol. The second kappa shape index (κ2) is 3.99. The van der Waals surface area contributed by atoms with Crippen LogP contribution in [-0.4, -0.2) is 4.57 Å². The van der Waals surface area contributed by atoms with Crippen LogP contribution in [0.25, 0.3) is 27.5 Å². The van der Waals surface area contributed by atoms with E-state index in [1.54, 1.807) is 0 Å². The Morgan fingerprint density at radius 3 is 1.79 bits per heavy atom. The van der Waals surface area contributed by atoms with Gasteiger partial charge in [0, 0.05) is 16.8 Å². The number of benzene rings is 3. The van der Waals surface area contributed by atoms with E-state index in [4.69, 9.17) is 0 Å². The van der Waals surface area contributed by atoms with Crippen molar-refractivity contribution < 1.29 is 0 Å². The molecule has 0 aliphatic carbocycles. The lowest BCUT2D eigenvalue weighted by Gasteiger charge is -2.06. The number of para-hydroxylation sites is 3. The van der Waals surface area contributed by atoms with Gasteiger partial charge in [0.1, 0.15) is 0 Å². The largest absolute Gasteiger partial charge is 0.309 e. The highest BCUT2D eigenvalue weighted by molar-refractivity contribution is 6.09. The van der Waals surface area contributed by atoms with Crippen LogP contribution in [0, 0.1) is 6.07 Å². The zero-order valence-electron chi connectivity index (χ0n) is 10.4. The van der Waals surface area contributed by atoms with Crippen molar-refractivity contribution in [1.29, 1.82) is 0 Å². The summed E-state index contributed by atoms with van der Waals surface area (Å²) in [5, 5.41) is 2.57. The third-order valence-electron chi connectivity index (χ3n) is 3.51. The van der Waals surface area contributed by atoms with Gasteiger partial charge in [-0.2, -0.15) is 0 Å². The smallest absolute Gasteiger partial charge is 0.0541 e. The number of rotatable bonds is 1. The predicted octanol–water partition coefficient (Wildman–Crippen LogP) is 4.58. The van der Waals surface area contributed by atoms with Crippen molar-refractivity contribution in [2.75, 3.05) is 0 Å². The maximum Gasteiger partial charge on any atom is 0.0541 e. The molecule has 0 saturated carbocycles. The molecule has 0 amide bonds. The average Bonchev–Trinajstić information content (AvgIpc) is 2.83. The molecule has 1 heteroatoms. The van der Waals surface area contributed by atoms with Gasteiger partial charge in [-0.1, -0.05) is 54.6 Å². The Morgan fingerprint density at radius 1 is 0.632 bits per heavy atom. The van der Waals surface area contributed by atoms with Gasteiger partial charge in [0.25, 0.3) is 0 Å². The Hall–Kier alpha value is -2.54. The van der Waals surface area contributed by atoms with Crippen LogP contribution in [0.2, 0.25) is 0 Å². The third-order valence-corrected chi connectivity index (χ3v) is 3.51. The first kappa shape index (κ1) is 10.4. The molecular weight excluding hydrogens is 230 g/mol. The summed E-state index contributed by atoms with van der Waals surface area (Å²) in [4.78, 5) is 0. The van der Waals surface area contributed by atoms with Gasteiger partial charge in [-0.3, -0.25) is 0 Å². The van der Waals surface area contributed by atoms with Crippen molar-refractivity contribution in [2.45, 2.75) is 0 Å². The van der Waals surface area contributed by atoms with Gasteiger partial charge in [-0.15, -0.1) is 0 Å². The van der Waals surface area contributed by atoms with Crippen LogP contribution in [0.15, 0.2) is 72.8 Å². The maximum absolute atomic E-state index is 3.32. The fourth-order valence-corrected chi connectivity index (χ4v) is 2.71. The molecule has 3 aromatic carbocycles. The number of hydrogen-bond acceptors (Lipinski definition) is 0. The summed E-state index contributed by atoms with van der Waals surface area (Å²) in [6.45, 7) is 0. The van der Waals surface area contributed by atoms with Crippen LogP contribution in [-0.2, 0) is 0 Å². The zero-order valence-corrected chi connectivity index (χ0v) is 10.4. The molecule has 0 bridgehead atoms. The Bertz CT molecular complexity index is 803. The van der Waals surface area contributed by atoms with Crippen LogP contribution in [0.5, 0.6) is 0 Å². The Morgan fingerprint density at radius 2 is 1.21 bits per heavy atom. The van der Waals surface area contributed by atoms with Crippen molar-refractivity contribution in [1.82, 2.24) is 4.57 Å². The predicted molar refractivity (Wildman–Crippen MR) is 79.6 cm³/mol. The van der Waals surface area contributed by atoms with Crippen molar-refractivity contribution in [3.63, 3.8) is 0 Å². The van der Waals surface area contributed by atoms with E-state index in [1.807, 2.05) is 12.1 Å². The highest BCUT2D eigenvalue weighted by Gasteiger charge is 2.10. The zero-order chi connectivity index (χ0) is 12.7. The van der Waals surface area contributed by atoms with Gasteiger partial charge >= 0.3 is 0 Å². The SMILES string of the molecule is [c]1ccccc1-n1c2ccccc2c2ccccc21. The Labute approximate surface area is 111 Å². The van der Waals surface area contributed by atoms with E-state index in [-0.39, 0.29) is 0 Å². The minimum absolute atomic E-state index is 1.08. The van der Waals surface area contributed by atoms with Gasteiger partial charge in [0.2, 0.25) is 0 Å². The lowest BCUT2D eigenvalue weighted by atomic mass is 10.2. The van der Waals surface area contributed by atoms with Crippen molar-refractivity contribution in [2.24, 2.45) is 0 Å². The van der Waals surface area contributed by atoms with E-state index in [2.05, 4.69) is 71.3 Å². The Kier molecular flexibility index (Phi) is 2.18. The number of nitrogens with zero attached hydrogens (tertiary/aromatic N) is 1. The molecule has 89 valence electrons. The molecular formula is C18H12N. The molecule has 0 saturated heterocycles. The van der Waals surface area contributed by atoms with E-state index >= 15 is 0 Å². The summed E-state index contributed by atoms with van der Waals surface area (Å²) in [6, 6.07) is 28.5. The molecule has 0 spiro atoms.